The molecule has 1 fully saturated rings. The van der Waals surface area contributed by atoms with Crippen molar-refractivity contribution in [2.24, 2.45) is 5.41 Å². The average Bonchev–Trinajstić information content (AvgIpc) is 2.48. The van der Waals surface area contributed by atoms with Crippen molar-refractivity contribution in [1.82, 2.24) is 5.32 Å². The van der Waals surface area contributed by atoms with E-state index in [-0.39, 0.29) is 18.6 Å². The van der Waals surface area contributed by atoms with Gasteiger partial charge in [-0.2, -0.15) is 0 Å². The Morgan fingerprint density at radius 2 is 1.86 bits per heavy atom. The van der Waals surface area contributed by atoms with E-state index >= 15 is 0 Å². The Morgan fingerprint density at radius 3 is 2.50 bits per heavy atom. The van der Waals surface area contributed by atoms with E-state index in [0.717, 1.165) is 25.7 Å². The second-order valence-corrected chi connectivity index (χ2v) is 7.82. The molecule has 2 radical (unpaired) electrons. The molecule has 0 aliphatic heterocycles. The number of alkyl carbamates (subject to hydrolysis) is 1. The average molecular weight is 350 g/mol. The maximum Gasteiger partial charge on any atom is 0.407 e. The van der Waals surface area contributed by atoms with E-state index in [2.05, 4.69) is 10.2 Å². The number of ether oxygens (including phenoxy) is 1. The third-order valence-electron chi connectivity index (χ3n) is 3.28. The van der Waals surface area contributed by atoms with Crippen LogP contribution in [-0.4, -0.2) is 42.4 Å². The summed E-state index contributed by atoms with van der Waals surface area (Å²) in [6.45, 7) is 7.01. The van der Waals surface area contributed by atoms with Gasteiger partial charge in [0.25, 0.3) is 5.09 Å². The van der Waals surface area contributed by atoms with Gasteiger partial charge < -0.3 is 14.9 Å². The van der Waals surface area contributed by atoms with Crippen molar-refractivity contribution >= 4 is 27.7 Å². The first-order valence-electron chi connectivity index (χ1n) is 7.23. The molecule has 1 aliphatic carbocycles. The third kappa shape index (κ3) is 9.24. The minimum absolute atomic E-state index is 0.0601. The molecule has 1 saturated carbocycles. The molecule has 1 rings (SSSR count). The van der Waals surface area contributed by atoms with Crippen molar-refractivity contribution in [3.05, 3.63) is 17.0 Å². The van der Waals surface area contributed by atoms with Crippen LogP contribution in [0.1, 0.15) is 32.1 Å². The second kappa shape index (κ2) is 10.8. The third-order valence-corrected chi connectivity index (χ3v) is 5.61. The zero-order valence-electron chi connectivity index (χ0n) is 12.5. The van der Waals surface area contributed by atoms with Crippen LogP contribution in [0.15, 0.2) is 0 Å². The number of hydrogen-bond donors (Lipinski definition) is 1. The van der Waals surface area contributed by atoms with Gasteiger partial charge in [-0.15, -0.1) is 10.1 Å². The molecule has 126 valence electrons. The molecule has 0 unspecified atom stereocenters. The van der Waals surface area contributed by atoms with Crippen LogP contribution < -0.4 is 5.32 Å². The maximum absolute atomic E-state index is 11.5. The largest absolute Gasteiger partial charge is 0.449 e. The van der Waals surface area contributed by atoms with Crippen LogP contribution in [0.3, 0.4) is 0 Å². The smallest absolute Gasteiger partial charge is 0.407 e. The fraction of sp³-hybridized carbons (Fsp3) is 0.846. The van der Waals surface area contributed by atoms with Gasteiger partial charge in [0, 0.05) is 18.1 Å². The van der Waals surface area contributed by atoms with Crippen molar-refractivity contribution in [3.8, 4) is 0 Å². The molecule has 22 heavy (non-hydrogen) atoms. The highest BCUT2D eigenvalue weighted by Crippen LogP contribution is 2.34. The molecule has 1 amide bonds. The Balaban J connectivity index is 1.94. The Morgan fingerprint density at radius 1 is 1.23 bits per heavy atom. The normalized spacial score (nSPS) is 16.8. The van der Waals surface area contributed by atoms with Crippen LogP contribution in [0.25, 0.3) is 0 Å². The quantitative estimate of drug-likeness (QED) is 0.280. The summed E-state index contributed by atoms with van der Waals surface area (Å²) in [4.78, 5) is 25.6. The molecule has 0 atom stereocenters. The highest BCUT2D eigenvalue weighted by atomic mass is 33.1. The van der Waals surface area contributed by atoms with Gasteiger partial charge in [0.15, 0.2) is 0 Å². The predicted octanol–water partition coefficient (Wildman–Crippen LogP) is 2.96. The van der Waals surface area contributed by atoms with Crippen molar-refractivity contribution < 1.29 is 19.5 Å². The summed E-state index contributed by atoms with van der Waals surface area (Å²) in [6.07, 6.45) is 4.86. The molecular weight excluding hydrogens is 328 g/mol. The lowest BCUT2D eigenvalue weighted by Crippen LogP contribution is -2.37. The number of nitrogens with one attached hydrogen (secondary N) is 1. The van der Waals surface area contributed by atoms with Crippen LogP contribution in [0, 0.1) is 22.5 Å². The molecule has 0 aromatic heterocycles. The molecule has 7 nitrogen and oxygen atoms in total. The van der Waals surface area contributed by atoms with Crippen LogP contribution >= 0.6 is 21.6 Å². The number of nitrogens with zero attached hydrogens (tertiary/aromatic N) is 1. The number of hydrogen-bond acceptors (Lipinski definition) is 7. The summed E-state index contributed by atoms with van der Waals surface area (Å²) >= 11 is 0. The van der Waals surface area contributed by atoms with Crippen LogP contribution in [0.5, 0.6) is 0 Å². The Kier molecular flexibility index (Phi) is 9.45. The molecule has 0 aromatic rings. The first kappa shape index (κ1) is 19.2. The van der Waals surface area contributed by atoms with Gasteiger partial charge >= 0.3 is 6.09 Å². The lowest BCUT2D eigenvalue weighted by atomic mass is 9.76. The van der Waals surface area contributed by atoms with Crippen molar-refractivity contribution in [2.75, 3.05) is 31.3 Å². The lowest BCUT2D eigenvalue weighted by molar-refractivity contribution is -0.756. The number of rotatable bonds is 10. The van der Waals surface area contributed by atoms with Gasteiger partial charge in [-0.25, -0.2) is 4.79 Å². The predicted molar refractivity (Wildman–Crippen MR) is 87.0 cm³/mol. The lowest BCUT2D eigenvalue weighted by Gasteiger charge is -2.33. The van der Waals surface area contributed by atoms with Crippen LogP contribution in [0.4, 0.5) is 4.79 Å². The highest BCUT2D eigenvalue weighted by molar-refractivity contribution is 8.76. The summed E-state index contributed by atoms with van der Waals surface area (Å²) < 4.78 is 5.04. The van der Waals surface area contributed by atoms with E-state index in [9.17, 15) is 14.9 Å². The fourth-order valence-corrected chi connectivity index (χ4v) is 3.81. The van der Waals surface area contributed by atoms with E-state index in [0.29, 0.717) is 18.1 Å². The minimum Gasteiger partial charge on any atom is -0.449 e. The molecule has 0 bridgehead atoms. The Hall–Kier alpha value is -0.830. The molecular formula is C13H22N2O5S2. The van der Waals surface area contributed by atoms with Gasteiger partial charge in [0.05, 0.1) is 0 Å². The first-order chi connectivity index (χ1) is 10.5. The Labute approximate surface area is 138 Å². The monoisotopic (exact) mass is 350 g/mol. The highest BCUT2D eigenvalue weighted by Gasteiger charge is 2.27. The maximum atomic E-state index is 11.5. The Bertz CT molecular complexity index is 351. The number of amides is 1. The van der Waals surface area contributed by atoms with Gasteiger partial charge in [-0.05, 0) is 25.2 Å². The van der Waals surface area contributed by atoms with Gasteiger partial charge in [-0.3, -0.25) is 0 Å². The first-order valence-corrected chi connectivity index (χ1v) is 9.72. The van der Waals surface area contributed by atoms with Crippen LogP contribution in [-0.2, 0) is 9.57 Å². The van der Waals surface area contributed by atoms with Gasteiger partial charge in [0.2, 0.25) is 0 Å². The molecule has 0 spiro atoms. The summed E-state index contributed by atoms with van der Waals surface area (Å²) in [6, 6.07) is 0. The molecule has 0 heterocycles. The zero-order chi connectivity index (χ0) is 16.3. The van der Waals surface area contributed by atoms with E-state index in [1.165, 1.54) is 28.0 Å². The van der Waals surface area contributed by atoms with Gasteiger partial charge in [-0.1, -0.05) is 40.9 Å². The van der Waals surface area contributed by atoms with Crippen LogP contribution in [0.2, 0.25) is 0 Å². The van der Waals surface area contributed by atoms with E-state index < -0.39 is 11.2 Å². The van der Waals surface area contributed by atoms with E-state index in [4.69, 9.17) is 11.7 Å². The summed E-state index contributed by atoms with van der Waals surface area (Å²) in [5.74, 6) is 1.12. The number of carbonyl (C=O) groups excluding carboxylic acids is 1. The van der Waals surface area contributed by atoms with E-state index in [1.807, 2.05) is 0 Å². The standard InChI is InChI=1S/C13H22N2O5S2/c1-13(5-3-2-4-6-13)11-14-12(16)19-7-9-21-22-10-8-20-15(17)18/h1H,2-11H2,(H,14,16). The topological polar surface area (TPSA) is 90.7 Å². The molecule has 0 aromatic carbocycles. The zero-order valence-corrected chi connectivity index (χ0v) is 14.1. The summed E-state index contributed by atoms with van der Waals surface area (Å²) in [5.41, 5.74) is -0.293. The SMILES string of the molecule is [CH]C1(CNC(=O)OCCSSCCO[N+](=O)[O-])CCCCC1. The molecule has 0 saturated heterocycles. The second-order valence-electron chi connectivity index (χ2n) is 5.11. The summed E-state index contributed by atoms with van der Waals surface area (Å²) in [7, 11) is 2.91. The molecule has 1 aliphatic rings. The molecule has 9 heteroatoms. The molecule has 1 N–H and O–H groups in total. The van der Waals surface area contributed by atoms with Crippen molar-refractivity contribution in [2.45, 2.75) is 32.1 Å². The fourth-order valence-electron chi connectivity index (χ4n) is 2.16. The minimum atomic E-state index is -0.810. The van der Waals surface area contributed by atoms with Crippen molar-refractivity contribution in [3.63, 3.8) is 0 Å². The van der Waals surface area contributed by atoms with Crippen molar-refractivity contribution in [1.29, 1.82) is 0 Å². The summed E-state index contributed by atoms with van der Waals surface area (Å²) in [5, 5.41) is 11.8. The van der Waals surface area contributed by atoms with Gasteiger partial charge in [0.1, 0.15) is 13.2 Å². The van der Waals surface area contributed by atoms with E-state index in [1.54, 1.807) is 0 Å². The number of carbonyl (C=O) groups is 1.